The normalized spacial score (nSPS) is 24.4. The van der Waals surface area contributed by atoms with Crippen molar-refractivity contribution in [2.45, 2.75) is 114 Å². The maximum atomic E-state index is 15.3. The minimum atomic E-state index is -1.84. The summed E-state index contributed by atoms with van der Waals surface area (Å²) in [5.41, 5.74) is 3.86. The van der Waals surface area contributed by atoms with E-state index >= 15 is 19.2 Å². The van der Waals surface area contributed by atoms with Crippen LogP contribution in [0.4, 0.5) is 0 Å². The Morgan fingerprint density at radius 1 is 0.875 bits per heavy atom. The molecule has 39 heteroatoms. The zero-order chi connectivity index (χ0) is 73.7. The number of hydrogen-bond acceptors (Lipinski definition) is 32. The van der Waals surface area contributed by atoms with Crippen LogP contribution in [0.3, 0.4) is 0 Å². The molecule has 6 amide bonds. The van der Waals surface area contributed by atoms with Crippen LogP contribution in [0.1, 0.15) is 125 Å². The van der Waals surface area contributed by atoms with Crippen molar-refractivity contribution in [2.75, 3.05) is 59.6 Å². The van der Waals surface area contributed by atoms with E-state index in [1.54, 1.807) is 17.5 Å². The molecule has 548 valence electrons. The Morgan fingerprint density at radius 2 is 1.57 bits per heavy atom. The van der Waals surface area contributed by atoms with E-state index in [0.29, 0.717) is 22.6 Å². The summed E-state index contributed by atoms with van der Waals surface area (Å²) in [4.78, 5) is 148. The molecule has 0 radical (unpaired) electrons. The summed E-state index contributed by atoms with van der Waals surface area (Å²) < 4.78 is 45.0. The number of fused-ring (bicyclic) bond motifs is 16. The third kappa shape index (κ3) is 14.8. The Balaban J connectivity index is 0.956. The summed E-state index contributed by atoms with van der Waals surface area (Å²) in [5.74, 6) is -6.87. The van der Waals surface area contributed by atoms with E-state index in [4.69, 9.17) is 53.8 Å². The van der Waals surface area contributed by atoms with Gasteiger partial charge < -0.3 is 85.8 Å². The number of cyclic esters (lactones) is 2. The van der Waals surface area contributed by atoms with E-state index in [1.165, 1.54) is 66.4 Å². The molecule has 11 unspecified atom stereocenters. The fourth-order valence-electron chi connectivity index (χ4n) is 12.7. The first kappa shape index (κ1) is 73.3. The Hall–Kier alpha value is -8.97. The zero-order valence-electron chi connectivity index (χ0n) is 56.6. The van der Waals surface area contributed by atoms with E-state index in [0.717, 1.165) is 56.7 Å². The van der Waals surface area contributed by atoms with Gasteiger partial charge in [0, 0.05) is 67.9 Å². The highest BCUT2D eigenvalue weighted by Gasteiger charge is 2.54. The van der Waals surface area contributed by atoms with Gasteiger partial charge in [-0.25, -0.2) is 39.5 Å². The predicted molar refractivity (Wildman–Crippen MR) is 378 cm³/mol. The molecule has 12 bridgehead atoms. The maximum Gasteiger partial charge on any atom is 0.358 e. The highest BCUT2D eigenvalue weighted by atomic mass is 32.2. The molecule has 2 saturated heterocycles. The Labute approximate surface area is 615 Å². The minimum Gasteiger partial charge on any atom is -0.506 e. The first-order chi connectivity index (χ1) is 49.7. The molecule has 0 spiro atoms. The number of hydrogen-bond donors (Lipinski definition) is 9. The van der Waals surface area contributed by atoms with Gasteiger partial charge in [-0.05, 0) is 66.5 Å². The van der Waals surface area contributed by atoms with Crippen LogP contribution in [0.25, 0.3) is 49.3 Å². The Kier molecular flexibility index (Phi) is 21.3. The van der Waals surface area contributed by atoms with Gasteiger partial charge in [0.2, 0.25) is 11.8 Å². The topological polar surface area (TPSA) is 437 Å². The van der Waals surface area contributed by atoms with Crippen molar-refractivity contribution < 1.29 is 86.9 Å². The number of primary amides is 1. The average molecular weight is 1540 g/mol. The summed E-state index contributed by atoms with van der Waals surface area (Å²) in [6, 6.07) is 0.0849. The number of benzene rings is 1. The lowest BCUT2D eigenvalue weighted by atomic mass is 9.86. The van der Waals surface area contributed by atoms with Crippen LogP contribution in [0.15, 0.2) is 56.9 Å². The number of esters is 2. The number of pyridine rings is 1. The molecule has 2 fully saturated rings. The van der Waals surface area contributed by atoms with Crippen molar-refractivity contribution in [1.29, 1.82) is 0 Å². The molecule has 5 aliphatic heterocycles. The molecule has 5 aliphatic rings. The van der Waals surface area contributed by atoms with Gasteiger partial charge >= 0.3 is 11.9 Å². The van der Waals surface area contributed by atoms with Crippen molar-refractivity contribution in [3.8, 4) is 38.4 Å². The number of allylic oxidation sites excluding steroid dienone is 1. The number of aromatic nitrogens is 7. The van der Waals surface area contributed by atoms with Crippen LogP contribution in [0, 0.1) is 0 Å². The molecule has 13 rings (SSSR count). The van der Waals surface area contributed by atoms with Crippen molar-refractivity contribution in [1.82, 2.24) is 71.0 Å². The second-order valence-corrected chi connectivity index (χ2v) is 30.9. The fraction of sp³-hybridized carbons (Fsp3) is 0.415. The summed E-state index contributed by atoms with van der Waals surface area (Å²) >= 11 is 6.03. The van der Waals surface area contributed by atoms with Crippen LogP contribution >= 0.6 is 68.4 Å². The second kappa shape index (κ2) is 30.2. The van der Waals surface area contributed by atoms with E-state index in [2.05, 4.69) is 41.5 Å². The van der Waals surface area contributed by atoms with Crippen molar-refractivity contribution in [3.63, 3.8) is 0 Å². The number of thioether (sulfide) groups is 1. The number of aliphatic hydroxyl groups is 1. The SMILES string of the molecule is CO/C(C)=C1/NC(=O)C(C(C)O)NC(=O)c2csc(n2)-c2cc(O)c(-c3nc(C(=O)NC(CSCCN(C)C)C(N)=O)cs3)nc2-c2csc(n2)C2COC(=O)c3c4c5c(cccc5n3O)COC(=O)C(OC3CC5(C)OCN(C)C5C(C)O3)C(OC4)C(NC(=O)c3csc1n3)c1nc(cs1)C(=O)N2. The van der Waals surface area contributed by atoms with Gasteiger partial charge in [0.05, 0.1) is 49.8 Å². The van der Waals surface area contributed by atoms with Gasteiger partial charge in [-0.2, -0.15) is 16.5 Å². The van der Waals surface area contributed by atoms with Crippen LogP contribution in [0.2, 0.25) is 0 Å². The zero-order valence-corrected chi connectivity index (χ0v) is 61.5. The quantitative estimate of drug-likeness (QED) is 0.0334. The summed E-state index contributed by atoms with van der Waals surface area (Å²) in [7, 11) is 7.02. The lowest BCUT2D eigenvalue weighted by Crippen LogP contribution is -2.58. The Bertz CT molecular complexity index is 4740. The largest absolute Gasteiger partial charge is 0.506 e. The molecule has 7 aromatic heterocycles. The lowest BCUT2D eigenvalue weighted by molar-refractivity contribution is -0.268. The average Bonchev–Trinajstić information content (AvgIpc) is 1.59. The molecule has 33 nitrogen and oxygen atoms in total. The number of nitrogens with two attached hydrogens (primary N) is 1. The highest BCUT2D eigenvalue weighted by Crippen LogP contribution is 2.44. The number of nitrogens with zero attached hydrogens (tertiary/aromatic N) is 9. The third-order valence-corrected chi connectivity index (χ3v) is 23.4. The number of amides is 6. The maximum absolute atomic E-state index is 15.3. The lowest BCUT2D eigenvalue weighted by Gasteiger charge is -2.45. The van der Waals surface area contributed by atoms with Gasteiger partial charge in [-0.15, -0.1) is 56.7 Å². The van der Waals surface area contributed by atoms with E-state index in [1.807, 2.05) is 44.8 Å². The Morgan fingerprint density at radius 3 is 2.32 bits per heavy atom. The van der Waals surface area contributed by atoms with Crippen LogP contribution in [-0.4, -0.2) is 221 Å². The van der Waals surface area contributed by atoms with E-state index in [-0.39, 0.29) is 123 Å². The molecule has 0 saturated carbocycles. The molecule has 0 aliphatic carbocycles. The summed E-state index contributed by atoms with van der Waals surface area (Å²) in [6.45, 7) is 5.77. The summed E-state index contributed by atoms with van der Waals surface area (Å²) in [6.07, 6.45) is -6.77. The first-order valence-electron chi connectivity index (χ1n) is 32.2. The van der Waals surface area contributed by atoms with Gasteiger partial charge in [0.15, 0.2) is 18.1 Å². The standard InChI is InChI=1S/C65H69N15O18S6/c1-26(81)43-57(88)76-44(27(2)92-8)60-71-38(24-102-60)56(87)77-47-49-50(98-41-15-65(4)51(28(3)97-41)79(7)25-96-65)64(90)94-16-29-10-9-11-39-42(29)31(17-93-49)48(80(39)91)63(89)95-18-32(67-53(84)35-23-104-62(47)73-35)59-69-33(20-101-59)45-30(58-70-37(21-100-58)55(86)75-43)14-40(82)46(74-45)61-72-36(22-103-61)54(85)68-34(52(66)83)19-99-13-12-78(5)6/h9-11,14,20-24,26,28,32,34,41,43,47,49-51,81-82,91H,12-13,15-19,25H2,1-8H3,(H2,66,83)(H,67,84)(H,68,85)(H,75,86)(H,76,88)(H,77,87)/b44-27+. The van der Waals surface area contributed by atoms with Crippen LogP contribution in [-0.2, 0) is 60.8 Å². The number of aliphatic hydroxyl groups excluding tert-OH is 1. The number of likely N-dealkylation sites (N-methyl/N-ethyl adjacent to an activating group) is 1. The number of nitrogens with one attached hydrogen (secondary N) is 5. The molecule has 10 N–H and O–H groups in total. The van der Waals surface area contributed by atoms with Gasteiger partial charge in [-0.3, -0.25) is 33.7 Å². The fourth-order valence-corrected chi connectivity index (χ4v) is 18.0. The molecular weight excluding hydrogens is 1470 g/mol. The number of carbonyl (C=O) groups is 8. The predicted octanol–water partition coefficient (Wildman–Crippen LogP) is 4.41. The van der Waals surface area contributed by atoms with Crippen LogP contribution < -0.4 is 32.3 Å². The van der Waals surface area contributed by atoms with Gasteiger partial charge in [0.1, 0.15) is 126 Å². The number of ether oxygens (including phenoxy) is 7. The minimum absolute atomic E-state index is 0.000418. The van der Waals surface area contributed by atoms with Gasteiger partial charge in [-0.1, -0.05) is 12.1 Å². The van der Waals surface area contributed by atoms with Gasteiger partial charge in [0.25, 0.3) is 23.6 Å². The van der Waals surface area contributed by atoms with Crippen molar-refractivity contribution >= 4 is 132 Å². The second-order valence-electron chi connectivity index (χ2n) is 25.4. The molecule has 8 aromatic rings. The first-order valence-corrected chi connectivity index (χ1v) is 37.8. The summed E-state index contributed by atoms with van der Waals surface area (Å²) in [5, 5.41) is 56.6. The monoisotopic (exact) mass is 1540 g/mol. The van der Waals surface area contributed by atoms with E-state index in [9.17, 15) is 34.6 Å². The molecule has 104 heavy (non-hydrogen) atoms. The number of thiazole rings is 5. The van der Waals surface area contributed by atoms with Crippen molar-refractivity contribution in [3.05, 3.63) is 112 Å². The smallest absolute Gasteiger partial charge is 0.358 e. The molecule has 1 aromatic carbocycles. The van der Waals surface area contributed by atoms with E-state index < -0.39 is 139 Å². The number of methoxy groups -OCH3 is 1. The third-order valence-electron chi connectivity index (χ3n) is 17.9. The van der Waals surface area contributed by atoms with Crippen LogP contribution in [0.5, 0.6) is 5.75 Å². The highest BCUT2D eigenvalue weighted by molar-refractivity contribution is 7.99. The number of carbonyl (C=O) groups excluding carboxylic acids is 8. The molecule has 12 heterocycles. The van der Waals surface area contributed by atoms with Crippen molar-refractivity contribution in [2.24, 2.45) is 5.73 Å². The molecular formula is C65H69N15O18S6. The number of rotatable bonds is 13. The molecule has 11 atom stereocenters. The number of aromatic hydroxyl groups is 1.